The van der Waals surface area contributed by atoms with Crippen LogP contribution in [-0.4, -0.2) is 35.3 Å². The van der Waals surface area contributed by atoms with E-state index in [0.717, 1.165) is 19.3 Å². The number of ether oxygens (including phenoxy) is 1. The number of rotatable bonds is 3. The van der Waals surface area contributed by atoms with Gasteiger partial charge in [0.25, 0.3) is 5.91 Å². The molecule has 92 valence electrons. The van der Waals surface area contributed by atoms with Gasteiger partial charge >= 0.3 is 0 Å². The molecule has 0 spiro atoms. The highest BCUT2D eigenvalue weighted by atomic mass is 16.5. The third-order valence-corrected chi connectivity index (χ3v) is 3.05. The Kier molecular flexibility index (Phi) is 3.58. The summed E-state index contributed by atoms with van der Waals surface area (Å²) in [4.78, 5) is 15.7. The van der Waals surface area contributed by atoms with Crippen LogP contribution < -0.4 is 5.32 Å². The van der Waals surface area contributed by atoms with Gasteiger partial charge in [-0.1, -0.05) is 0 Å². The van der Waals surface area contributed by atoms with E-state index in [0.29, 0.717) is 0 Å². The van der Waals surface area contributed by atoms with Gasteiger partial charge in [-0.15, -0.1) is 0 Å². The zero-order chi connectivity index (χ0) is 12.3. The Balaban J connectivity index is 1.96. The molecule has 0 radical (unpaired) electrons. The number of aromatic hydroxyl groups is 1. The maximum absolute atomic E-state index is 11.8. The van der Waals surface area contributed by atoms with Gasteiger partial charge in [0.2, 0.25) is 0 Å². The topological polar surface area (TPSA) is 71.5 Å². The highest BCUT2D eigenvalue weighted by Crippen LogP contribution is 2.22. The molecule has 0 aromatic carbocycles. The van der Waals surface area contributed by atoms with Crippen LogP contribution in [0.15, 0.2) is 18.3 Å². The molecule has 2 atom stereocenters. The Morgan fingerprint density at radius 2 is 2.41 bits per heavy atom. The largest absolute Gasteiger partial charge is 0.505 e. The first-order chi connectivity index (χ1) is 8.20. The van der Waals surface area contributed by atoms with Gasteiger partial charge < -0.3 is 15.2 Å². The van der Waals surface area contributed by atoms with E-state index in [1.54, 1.807) is 13.2 Å². The zero-order valence-electron chi connectivity index (χ0n) is 9.72. The molecule has 1 aromatic heterocycles. The summed E-state index contributed by atoms with van der Waals surface area (Å²) in [5.41, 5.74) is 0.0772. The van der Waals surface area contributed by atoms with Crippen LogP contribution in [0.4, 0.5) is 0 Å². The van der Waals surface area contributed by atoms with Crippen molar-refractivity contribution in [3.8, 4) is 5.75 Å². The summed E-state index contributed by atoms with van der Waals surface area (Å²) < 4.78 is 5.24. The minimum atomic E-state index is -0.329. The van der Waals surface area contributed by atoms with E-state index in [1.165, 1.54) is 12.3 Å². The van der Waals surface area contributed by atoms with Crippen molar-refractivity contribution in [2.24, 2.45) is 0 Å². The van der Waals surface area contributed by atoms with Crippen LogP contribution in [0.25, 0.3) is 0 Å². The van der Waals surface area contributed by atoms with Gasteiger partial charge in [0, 0.05) is 19.3 Å². The van der Waals surface area contributed by atoms with Crippen molar-refractivity contribution in [2.45, 2.75) is 31.4 Å². The number of hydrogen-bond acceptors (Lipinski definition) is 4. The smallest absolute Gasteiger partial charge is 0.273 e. The van der Waals surface area contributed by atoms with Gasteiger partial charge in [0.15, 0.2) is 5.69 Å². The summed E-state index contributed by atoms with van der Waals surface area (Å²) in [5.74, 6) is -0.420. The molecular formula is C12H16N2O3. The number of carbonyl (C=O) groups is 1. The van der Waals surface area contributed by atoms with Crippen molar-refractivity contribution in [3.05, 3.63) is 24.0 Å². The van der Waals surface area contributed by atoms with Gasteiger partial charge in [0.05, 0.1) is 6.10 Å². The lowest BCUT2D eigenvalue weighted by Gasteiger charge is -2.12. The van der Waals surface area contributed by atoms with Crippen LogP contribution in [0.5, 0.6) is 5.75 Å². The molecule has 1 fully saturated rings. The Bertz CT molecular complexity index is 408. The van der Waals surface area contributed by atoms with Gasteiger partial charge in [-0.05, 0) is 31.4 Å². The van der Waals surface area contributed by atoms with Crippen LogP contribution >= 0.6 is 0 Å². The van der Waals surface area contributed by atoms with Gasteiger partial charge in [-0.25, -0.2) is 4.98 Å². The van der Waals surface area contributed by atoms with E-state index in [9.17, 15) is 9.90 Å². The number of pyridine rings is 1. The van der Waals surface area contributed by atoms with Crippen molar-refractivity contribution in [3.63, 3.8) is 0 Å². The van der Waals surface area contributed by atoms with Crippen molar-refractivity contribution >= 4 is 5.91 Å². The van der Waals surface area contributed by atoms with E-state index in [4.69, 9.17) is 4.74 Å². The van der Waals surface area contributed by atoms with Crippen LogP contribution in [0.2, 0.25) is 0 Å². The third-order valence-electron chi connectivity index (χ3n) is 3.05. The number of aromatic nitrogens is 1. The second kappa shape index (κ2) is 5.14. The molecule has 2 rings (SSSR count). The second-order valence-electron chi connectivity index (χ2n) is 4.21. The lowest BCUT2D eigenvalue weighted by Crippen LogP contribution is -2.33. The Morgan fingerprint density at radius 1 is 1.59 bits per heavy atom. The Labute approximate surface area is 99.8 Å². The van der Waals surface area contributed by atoms with Crippen LogP contribution in [0.3, 0.4) is 0 Å². The number of nitrogens with zero attached hydrogens (tertiary/aromatic N) is 1. The third kappa shape index (κ3) is 2.74. The van der Waals surface area contributed by atoms with Crippen LogP contribution in [-0.2, 0) is 4.74 Å². The molecule has 2 unspecified atom stereocenters. The number of amides is 1. The minimum Gasteiger partial charge on any atom is -0.505 e. The molecule has 5 heteroatoms. The number of carbonyl (C=O) groups excluding carboxylic acids is 1. The monoisotopic (exact) mass is 236 g/mol. The first-order valence-corrected chi connectivity index (χ1v) is 5.68. The van der Waals surface area contributed by atoms with Crippen molar-refractivity contribution in [1.82, 2.24) is 10.3 Å². The number of hydrogen-bond donors (Lipinski definition) is 2. The zero-order valence-corrected chi connectivity index (χ0v) is 9.72. The van der Waals surface area contributed by atoms with E-state index in [2.05, 4.69) is 10.3 Å². The average Bonchev–Trinajstić information content (AvgIpc) is 2.77. The molecule has 1 aliphatic carbocycles. The molecular weight excluding hydrogens is 220 g/mol. The van der Waals surface area contributed by atoms with Crippen LogP contribution in [0, 0.1) is 0 Å². The normalized spacial score (nSPS) is 23.6. The molecule has 17 heavy (non-hydrogen) atoms. The highest BCUT2D eigenvalue weighted by molar-refractivity contribution is 5.94. The fourth-order valence-electron chi connectivity index (χ4n) is 2.11. The average molecular weight is 236 g/mol. The minimum absolute atomic E-state index is 0.0772. The predicted molar refractivity (Wildman–Crippen MR) is 61.8 cm³/mol. The van der Waals surface area contributed by atoms with Crippen LogP contribution in [0.1, 0.15) is 29.8 Å². The molecule has 1 amide bonds. The fourth-order valence-corrected chi connectivity index (χ4v) is 2.11. The molecule has 0 aliphatic heterocycles. The predicted octanol–water partition coefficient (Wildman–Crippen LogP) is 1.08. The quantitative estimate of drug-likeness (QED) is 0.824. The van der Waals surface area contributed by atoms with Crippen molar-refractivity contribution < 1.29 is 14.6 Å². The SMILES string of the molecule is COC1CCC(NC(=O)c2ncccc2O)C1. The summed E-state index contributed by atoms with van der Waals surface area (Å²) in [6.45, 7) is 0. The first kappa shape index (κ1) is 11.9. The summed E-state index contributed by atoms with van der Waals surface area (Å²) in [6, 6.07) is 3.14. The molecule has 1 aromatic rings. The maximum Gasteiger partial charge on any atom is 0.273 e. The Morgan fingerprint density at radius 3 is 3.06 bits per heavy atom. The number of nitrogens with one attached hydrogen (secondary N) is 1. The van der Waals surface area contributed by atoms with E-state index in [-0.39, 0.29) is 29.5 Å². The molecule has 1 heterocycles. The molecule has 5 nitrogen and oxygen atoms in total. The van der Waals surface area contributed by atoms with E-state index >= 15 is 0 Å². The molecule has 2 N–H and O–H groups in total. The van der Waals surface area contributed by atoms with Crippen molar-refractivity contribution in [1.29, 1.82) is 0 Å². The lowest BCUT2D eigenvalue weighted by atomic mass is 10.2. The van der Waals surface area contributed by atoms with Gasteiger partial charge in [0.1, 0.15) is 5.75 Å². The lowest BCUT2D eigenvalue weighted by molar-refractivity contribution is 0.0908. The molecule has 0 saturated heterocycles. The standard InChI is InChI=1S/C12H16N2O3/c1-17-9-5-4-8(7-9)14-12(16)11-10(15)3-2-6-13-11/h2-3,6,8-9,15H,4-5,7H2,1H3,(H,14,16). The highest BCUT2D eigenvalue weighted by Gasteiger charge is 2.26. The summed E-state index contributed by atoms with van der Waals surface area (Å²) in [6.07, 6.45) is 4.38. The first-order valence-electron chi connectivity index (χ1n) is 5.68. The van der Waals surface area contributed by atoms with Crippen molar-refractivity contribution in [2.75, 3.05) is 7.11 Å². The second-order valence-corrected chi connectivity index (χ2v) is 4.21. The molecule has 0 bridgehead atoms. The fraction of sp³-hybridized carbons (Fsp3) is 0.500. The summed E-state index contributed by atoms with van der Waals surface area (Å²) >= 11 is 0. The van der Waals surface area contributed by atoms with E-state index in [1.807, 2.05) is 0 Å². The summed E-state index contributed by atoms with van der Waals surface area (Å²) in [7, 11) is 1.68. The maximum atomic E-state index is 11.8. The Hall–Kier alpha value is -1.62. The molecule has 1 aliphatic rings. The van der Waals surface area contributed by atoms with Gasteiger partial charge in [-0.2, -0.15) is 0 Å². The molecule has 1 saturated carbocycles. The van der Waals surface area contributed by atoms with Gasteiger partial charge in [-0.3, -0.25) is 4.79 Å². The van der Waals surface area contributed by atoms with E-state index < -0.39 is 0 Å². The number of methoxy groups -OCH3 is 1. The summed E-state index contributed by atoms with van der Waals surface area (Å²) in [5, 5.41) is 12.4.